The number of alkyl carbamates (subject to hydrolysis) is 1. The van der Waals surface area contributed by atoms with Crippen molar-refractivity contribution in [3.05, 3.63) is 34.9 Å². The van der Waals surface area contributed by atoms with Crippen LogP contribution in [0.1, 0.15) is 77.2 Å². The van der Waals surface area contributed by atoms with E-state index >= 15 is 0 Å². The zero-order valence-corrected chi connectivity index (χ0v) is 26.5. The molecule has 3 saturated carbocycles. The van der Waals surface area contributed by atoms with Gasteiger partial charge in [-0.1, -0.05) is 23.7 Å². The second kappa shape index (κ2) is 15.4. The van der Waals surface area contributed by atoms with Crippen molar-refractivity contribution in [2.75, 3.05) is 26.3 Å². The molecule has 42 heavy (non-hydrogen) atoms. The van der Waals surface area contributed by atoms with Gasteiger partial charge >= 0.3 is 13.7 Å². The molecule has 2 bridgehead atoms. The van der Waals surface area contributed by atoms with Crippen molar-refractivity contribution in [3.63, 3.8) is 0 Å². The molecule has 0 radical (unpaired) electrons. The average Bonchev–Trinajstić information content (AvgIpc) is 3.38. The first kappa shape index (κ1) is 33.2. The standard InChI is InChI=1S/C30H47ClN3O7P/c1-3-40-42(38,41-4-2)28(36)26(17-23-11-15-32-27(23)35)33-19-25(18-30-12-8-21(9-13-30)10-14-30)34-29(37)39-20-22-6-5-7-24(31)16-22/h5-7,16,21,23,25-26,28,33,36H,3-4,8-15,17-20H2,1-2H3,(H,32,35)(H,34,37)/t21?,23?,25?,26-,28?,30?/m0/s1. The summed E-state index contributed by atoms with van der Waals surface area (Å²) in [5, 5.41) is 21.2. The maximum absolute atomic E-state index is 13.6. The number of hydrogen-bond acceptors (Lipinski definition) is 8. The summed E-state index contributed by atoms with van der Waals surface area (Å²) >= 11 is 6.08. The lowest BCUT2D eigenvalue weighted by molar-refractivity contribution is -0.122. The minimum Gasteiger partial charge on any atom is -0.445 e. The van der Waals surface area contributed by atoms with Crippen molar-refractivity contribution in [3.8, 4) is 0 Å². The minimum atomic E-state index is -3.89. The number of hydrogen-bond donors (Lipinski definition) is 4. The summed E-state index contributed by atoms with van der Waals surface area (Å²) < 4.78 is 30.0. The fraction of sp³-hybridized carbons (Fsp3) is 0.733. The topological polar surface area (TPSA) is 135 Å². The minimum absolute atomic E-state index is 0.0867. The van der Waals surface area contributed by atoms with E-state index in [9.17, 15) is 19.3 Å². The monoisotopic (exact) mass is 627 g/mol. The molecule has 4 N–H and O–H groups in total. The van der Waals surface area contributed by atoms with Crippen LogP contribution < -0.4 is 16.0 Å². The number of carbonyl (C=O) groups is 2. The van der Waals surface area contributed by atoms with Crippen molar-refractivity contribution in [1.82, 2.24) is 16.0 Å². The number of fused-ring (bicyclic) bond motifs is 3. The molecule has 10 nitrogen and oxygen atoms in total. The van der Waals surface area contributed by atoms with Gasteiger partial charge in [0.2, 0.25) is 5.91 Å². The van der Waals surface area contributed by atoms with Gasteiger partial charge in [0, 0.05) is 36.1 Å². The number of aliphatic hydroxyl groups is 1. The first-order chi connectivity index (χ1) is 20.1. The first-order valence-corrected chi connectivity index (χ1v) is 17.4. The molecule has 1 saturated heterocycles. The van der Waals surface area contributed by atoms with Crippen LogP contribution in [0.3, 0.4) is 0 Å². The smallest absolute Gasteiger partial charge is 0.407 e. The molecule has 12 heteroatoms. The van der Waals surface area contributed by atoms with Crippen LogP contribution in [0.5, 0.6) is 0 Å². The third-order valence-electron chi connectivity index (χ3n) is 9.14. The molecule has 1 aliphatic heterocycles. The highest BCUT2D eigenvalue weighted by Gasteiger charge is 2.44. The summed E-state index contributed by atoms with van der Waals surface area (Å²) in [7, 11) is -3.89. The number of nitrogens with one attached hydrogen (secondary N) is 3. The van der Waals surface area contributed by atoms with Crippen LogP contribution in [-0.4, -0.2) is 61.3 Å². The van der Waals surface area contributed by atoms with Gasteiger partial charge in [0.25, 0.3) is 0 Å². The quantitative estimate of drug-likeness (QED) is 0.180. The molecule has 0 spiro atoms. The van der Waals surface area contributed by atoms with Gasteiger partial charge < -0.3 is 34.8 Å². The Morgan fingerprint density at radius 2 is 1.86 bits per heavy atom. The van der Waals surface area contributed by atoms with Gasteiger partial charge in [0.1, 0.15) is 6.61 Å². The summed E-state index contributed by atoms with van der Waals surface area (Å²) in [6, 6.07) is 6.11. The molecule has 2 amide bonds. The molecule has 3 aliphatic carbocycles. The number of rotatable bonds is 16. The number of carbonyl (C=O) groups excluding carboxylic acids is 2. The van der Waals surface area contributed by atoms with Crippen molar-refractivity contribution >= 4 is 31.2 Å². The molecule has 5 rings (SSSR count). The SMILES string of the molecule is CCOP(=O)(OCC)C(O)[C@H](CC1CCNC1=O)NCC(CC12CCC(CC1)CC2)NC(=O)OCc1cccc(Cl)c1. The van der Waals surface area contributed by atoms with Gasteiger partial charge in [0.15, 0.2) is 5.85 Å². The molecular weight excluding hydrogens is 581 g/mol. The second-order valence-electron chi connectivity index (χ2n) is 12.0. The Labute approximate surface area is 254 Å². The van der Waals surface area contributed by atoms with Crippen LogP contribution in [0, 0.1) is 17.3 Å². The lowest BCUT2D eigenvalue weighted by Gasteiger charge is -2.48. The van der Waals surface area contributed by atoms with Crippen LogP contribution in [0.25, 0.3) is 0 Å². The number of benzene rings is 1. The maximum Gasteiger partial charge on any atom is 0.407 e. The van der Waals surface area contributed by atoms with E-state index in [1.165, 1.54) is 19.3 Å². The summed E-state index contributed by atoms with van der Waals surface area (Å²) in [4.78, 5) is 25.4. The Kier molecular flexibility index (Phi) is 12.1. The fourth-order valence-electron chi connectivity index (χ4n) is 6.88. The summed E-state index contributed by atoms with van der Waals surface area (Å²) in [5.74, 6) is -1.10. The molecule has 236 valence electrons. The Bertz CT molecular complexity index is 1080. The van der Waals surface area contributed by atoms with Crippen LogP contribution >= 0.6 is 19.2 Å². The largest absolute Gasteiger partial charge is 0.445 e. The van der Waals surface area contributed by atoms with Gasteiger partial charge in [0.05, 0.1) is 13.2 Å². The zero-order chi connectivity index (χ0) is 30.2. The molecule has 1 aromatic carbocycles. The number of halogens is 1. The highest BCUT2D eigenvalue weighted by atomic mass is 35.5. The van der Waals surface area contributed by atoms with Crippen molar-refractivity contribution in [2.45, 2.75) is 96.2 Å². The second-order valence-corrected chi connectivity index (χ2v) is 14.6. The van der Waals surface area contributed by atoms with E-state index < -0.39 is 25.6 Å². The van der Waals surface area contributed by atoms with E-state index in [4.69, 9.17) is 25.4 Å². The predicted octanol–water partition coefficient (Wildman–Crippen LogP) is 5.36. The molecule has 0 aromatic heterocycles. The van der Waals surface area contributed by atoms with Gasteiger partial charge in [-0.05, 0) is 101 Å². The summed E-state index contributed by atoms with van der Waals surface area (Å²) in [5.41, 5.74) is 0.935. The van der Waals surface area contributed by atoms with E-state index in [2.05, 4.69) is 16.0 Å². The van der Waals surface area contributed by atoms with E-state index in [0.717, 1.165) is 37.2 Å². The Balaban J connectivity index is 1.48. The lowest BCUT2D eigenvalue weighted by atomic mass is 9.58. The molecule has 1 aromatic rings. The number of amides is 2. The van der Waals surface area contributed by atoms with E-state index in [1.54, 1.807) is 26.0 Å². The molecule has 4 aliphatic rings. The highest BCUT2D eigenvalue weighted by Crippen LogP contribution is 2.54. The molecule has 4 atom stereocenters. The van der Waals surface area contributed by atoms with E-state index in [1.807, 2.05) is 12.1 Å². The summed E-state index contributed by atoms with van der Waals surface area (Å²) in [6.45, 7) is 4.55. The van der Waals surface area contributed by atoms with Crippen molar-refractivity contribution in [1.29, 1.82) is 0 Å². The first-order valence-electron chi connectivity index (χ1n) is 15.4. The van der Waals surface area contributed by atoms with Crippen LogP contribution in [0.4, 0.5) is 4.79 Å². The molecule has 1 heterocycles. The van der Waals surface area contributed by atoms with Gasteiger partial charge in [-0.3, -0.25) is 9.36 Å². The normalized spacial score (nSPS) is 26.0. The summed E-state index contributed by atoms with van der Waals surface area (Å²) in [6.07, 6.45) is 8.14. The third-order valence-corrected chi connectivity index (χ3v) is 11.6. The third kappa shape index (κ3) is 8.93. The molecular formula is C30H47ClN3O7P. The molecule has 3 unspecified atom stereocenters. The average molecular weight is 628 g/mol. The maximum atomic E-state index is 13.6. The number of aliphatic hydroxyl groups excluding tert-OH is 1. The van der Waals surface area contributed by atoms with Crippen LogP contribution in [-0.2, 0) is 29.8 Å². The Morgan fingerprint density at radius 1 is 1.17 bits per heavy atom. The van der Waals surface area contributed by atoms with Crippen molar-refractivity contribution < 1.29 is 33.0 Å². The fourth-order valence-corrected chi connectivity index (χ4v) is 8.86. The lowest BCUT2D eigenvalue weighted by Crippen LogP contribution is -2.51. The van der Waals surface area contributed by atoms with Gasteiger partial charge in [-0.2, -0.15) is 0 Å². The zero-order valence-electron chi connectivity index (χ0n) is 24.8. The highest BCUT2D eigenvalue weighted by molar-refractivity contribution is 7.54. The number of ether oxygens (including phenoxy) is 1. The Morgan fingerprint density at radius 3 is 2.45 bits per heavy atom. The van der Waals surface area contributed by atoms with Crippen LogP contribution in [0.15, 0.2) is 24.3 Å². The van der Waals surface area contributed by atoms with Crippen molar-refractivity contribution in [2.24, 2.45) is 17.3 Å². The van der Waals surface area contributed by atoms with E-state index in [0.29, 0.717) is 24.5 Å². The Hall–Kier alpha value is -1.68. The predicted molar refractivity (Wildman–Crippen MR) is 161 cm³/mol. The van der Waals surface area contributed by atoms with Gasteiger partial charge in [-0.25, -0.2) is 4.79 Å². The molecule has 4 fully saturated rings. The van der Waals surface area contributed by atoms with Gasteiger partial charge in [-0.15, -0.1) is 0 Å². The van der Waals surface area contributed by atoms with E-state index in [-0.39, 0.29) is 49.5 Å². The van der Waals surface area contributed by atoms with Crippen LogP contribution in [0.2, 0.25) is 5.02 Å².